The van der Waals surface area contributed by atoms with E-state index in [4.69, 9.17) is 14.2 Å². The Kier molecular flexibility index (Phi) is 5.85. The molecule has 0 aliphatic carbocycles. The third-order valence-corrected chi connectivity index (χ3v) is 4.03. The van der Waals surface area contributed by atoms with Crippen molar-refractivity contribution < 1.29 is 28.6 Å². The van der Waals surface area contributed by atoms with E-state index in [2.05, 4.69) is 0 Å². The first kappa shape index (κ1) is 19.7. The number of ketones is 1. The van der Waals surface area contributed by atoms with Gasteiger partial charge in [-0.2, -0.15) is 0 Å². The smallest absolute Gasteiger partial charge is 0.334 e. The molecule has 0 amide bonds. The van der Waals surface area contributed by atoms with Crippen LogP contribution in [-0.4, -0.2) is 29.9 Å². The number of hydrogen-bond donors (Lipinski definition) is 0. The molecular formula is C20H24O6. The Morgan fingerprint density at radius 2 is 2.00 bits per heavy atom. The van der Waals surface area contributed by atoms with Crippen LogP contribution < -0.4 is 4.74 Å². The summed E-state index contributed by atoms with van der Waals surface area (Å²) in [5.41, 5.74) is 1.04. The van der Waals surface area contributed by atoms with Crippen LogP contribution in [0, 0.1) is 0 Å². The molecule has 1 aromatic carbocycles. The van der Waals surface area contributed by atoms with Gasteiger partial charge >= 0.3 is 11.9 Å². The molecule has 0 radical (unpaired) electrons. The van der Waals surface area contributed by atoms with E-state index < -0.39 is 23.6 Å². The summed E-state index contributed by atoms with van der Waals surface area (Å²) in [5, 5.41) is 0. The Bertz CT molecular complexity index is 760. The molecular weight excluding hydrogens is 336 g/mol. The van der Waals surface area contributed by atoms with E-state index in [-0.39, 0.29) is 12.4 Å². The number of hydrogen-bond acceptors (Lipinski definition) is 6. The molecule has 2 rings (SSSR count). The maximum Gasteiger partial charge on any atom is 0.334 e. The van der Waals surface area contributed by atoms with Gasteiger partial charge in [0.1, 0.15) is 24.1 Å². The highest BCUT2D eigenvalue weighted by molar-refractivity contribution is 6.00. The lowest BCUT2D eigenvalue weighted by Crippen LogP contribution is -2.35. The van der Waals surface area contributed by atoms with Crippen LogP contribution in [-0.2, 0) is 19.1 Å². The van der Waals surface area contributed by atoms with E-state index in [1.807, 2.05) is 13.8 Å². The topological polar surface area (TPSA) is 78.9 Å². The van der Waals surface area contributed by atoms with E-state index >= 15 is 0 Å². The second-order valence-corrected chi connectivity index (χ2v) is 6.95. The first-order valence-electron chi connectivity index (χ1n) is 8.46. The molecule has 0 aromatic heterocycles. The third kappa shape index (κ3) is 4.94. The van der Waals surface area contributed by atoms with Gasteiger partial charge in [-0.3, -0.25) is 9.59 Å². The monoisotopic (exact) mass is 360 g/mol. The lowest BCUT2D eigenvalue weighted by atomic mass is 9.91. The second kappa shape index (κ2) is 7.72. The minimum absolute atomic E-state index is 0.00841. The zero-order chi connectivity index (χ0) is 19.5. The molecule has 6 nitrogen and oxygen atoms in total. The van der Waals surface area contributed by atoms with Crippen LogP contribution in [0.25, 0.3) is 0 Å². The van der Waals surface area contributed by atoms with Crippen LogP contribution >= 0.6 is 0 Å². The number of carbonyl (C=O) groups is 3. The van der Waals surface area contributed by atoms with Crippen molar-refractivity contribution in [3.05, 3.63) is 41.0 Å². The van der Waals surface area contributed by atoms with Crippen molar-refractivity contribution in [2.24, 2.45) is 0 Å². The summed E-state index contributed by atoms with van der Waals surface area (Å²) in [6.07, 6.45) is 1.26. The minimum Gasteiger partial charge on any atom is -0.487 e. The molecule has 0 spiro atoms. The lowest BCUT2D eigenvalue weighted by Gasteiger charge is -2.32. The summed E-state index contributed by atoms with van der Waals surface area (Å²) >= 11 is 0. The van der Waals surface area contributed by atoms with E-state index in [0.29, 0.717) is 28.9 Å². The standard InChI is InChI=1S/C20H24O6/c1-12(8-9-24-14(3)21)19(23)25-13(2)15-6-7-18-16(10-15)17(22)11-20(4,5)26-18/h6-8,10,13H,9,11H2,1-5H3. The van der Waals surface area contributed by atoms with Crippen molar-refractivity contribution in [3.8, 4) is 5.75 Å². The van der Waals surface area contributed by atoms with Gasteiger partial charge in [0, 0.05) is 12.5 Å². The molecule has 1 aromatic rings. The second-order valence-electron chi connectivity index (χ2n) is 6.95. The van der Waals surface area contributed by atoms with Crippen molar-refractivity contribution in [2.75, 3.05) is 6.61 Å². The first-order valence-corrected chi connectivity index (χ1v) is 8.46. The molecule has 1 aliphatic rings. The third-order valence-electron chi connectivity index (χ3n) is 4.03. The fourth-order valence-electron chi connectivity index (χ4n) is 2.61. The molecule has 0 saturated carbocycles. The van der Waals surface area contributed by atoms with Gasteiger partial charge in [-0.15, -0.1) is 0 Å². The zero-order valence-corrected chi connectivity index (χ0v) is 15.8. The first-order chi connectivity index (χ1) is 12.1. The molecule has 26 heavy (non-hydrogen) atoms. The molecule has 6 heteroatoms. The number of rotatable bonds is 5. The molecule has 1 unspecified atom stereocenters. The summed E-state index contributed by atoms with van der Waals surface area (Å²) < 4.78 is 16.0. The fraction of sp³-hybridized carbons (Fsp3) is 0.450. The number of carbonyl (C=O) groups excluding carboxylic acids is 3. The van der Waals surface area contributed by atoms with Crippen molar-refractivity contribution in [1.29, 1.82) is 0 Å². The zero-order valence-electron chi connectivity index (χ0n) is 15.8. The number of fused-ring (bicyclic) bond motifs is 1. The maximum absolute atomic E-state index is 12.3. The van der Waals surface area contributed by atoms with Crippen molar-refractivity contribution in [3.63, 3.8) is 0 Å². The van der Waals surface area contributed by atoms with Crippen LogP contribution in [0.4, 0.5) is 0 Å². The van der Waals surface area contributed by atoms with Gasteiger partial charge in [0.2, 0.25) is 0 Å². The van der Waals surface area contributed by atoms with E-state index in [1.54, 1.807) is 32.0 Å². The van der Waals surface area contributed by atoms with Crippen LogP contribution in [0.2, 0.25) is 0 Å². The normalized spacial score (nSPS) is 17.0. The molecule has 0 saturated heterocycles. The van der Waals surface area contributed by atoms with Crippen molar-refractivity contribution >= 4 is 17.7 Å². The van der Waals surface area contributed by atoms with Crippen molar-refractivity contribution in [2.45, 2.75) is 52.7 Å². The summed E-state index contributed by atoms with van der Waals surface area (Å²) in [4.78, 5) is 35.2. The Morgan fingerprint density at radius 1 is 1.31 bits per heavy atom. The van der Waals surface area contributed by atoms with Crippen LogP contribution in [0.3, 0.4) is 0 Å². The van der Waals surface area contributed by atoms with Gasteiger partial charge in [0.15, 0.2) is 5.78 Å². The van der Waals surface area contributed by atoms with Crippen molar-refractivity contribution in [1.82, 2.24) is 0 Å². The SMILES string of the molecule is CC(=O)OCC=C(C)C(=O)OC(C)c1ccc2c(c1)C(=O)CC(C)(C)O2. The number of esters is 2. The molecule has 1 atom stereocenters. The Labute approximate surface area is 153 Å². The van der Waals surface area contributed by atoms with E-state index in [0.717, 1.165) is 0 Å². The minimum atomic E-state index is -0.535. The predicted molar refractivity (Wildman–Crippen MR) is 95.0 cm³/mol. The van der Waals surface area contributed by atoms with Crippen LogP contribution in [0.5, 0.6) is 5.75 Å². The van der Waals surface area contributed by atoms with Crippen LogP contribution in [0.1, 0.15) is 63.1 Å². The number of Topliss-reactive ketones (excluding diaryl/α,β-unsaturated/α-hetero) is 1. The predicted octanol–water partition coefficient (Wildman–Crippen LogP) is 3.54. The molecule has 1 aliphatic heterocycles. The number of ether oxygens (including phenoxy) is 3. The molecule has 0 fully saturated rings. The molecule has 0 N–H and O–H groups in total. The summed E-state index contributed by atoms with van der Waals surface area (Å²) in [5.74, 6) is -0.369. The van der Waals surface area contributed by atoms with Crippen LogP contribution in [0.15, 0.2) is 29.8 Å². The largest absolute Gasteiger partial charge is 0.487 e. The average molecular weight is 360 g/mol. The molecule has 140 valence electrons. The quantitative estimate of drug-likeness (QED) is 0.590. The Balaban J connectivity index is 2.07. The van der Waals surface area contributed by atoms with Gasteiger partial charge in [0.25, 0.3) is 0 Å². The summed E-state index contributed by atoms with van der Waals surface area (Å²) in [7, 11) is 0. The van der Waals surface area contributed by atoms with E-state index in [1.165, 1.54) is 13.0 Å². The highest BCUT2D eigenvalue weighted by atomic mass is 16.5. The highest BCUT2D eigenvalue weighted by Crippen LogP contribution is 2.35. The summed E-state index contributed by atoms with van der Waals surface area (Å²) in [6.45, 7) is 8.38. The van der Waals surface area contributed by atoms with Gasteiger partial charge in [0.05, 0.1) is 12.0 Å². The Hall–Kier alpha value is -2.63. The van der Waals surface area contributed by atoms with E-state index in [9.17, 15) is 14.4 Å². The van der Waals surface area contributed by atoms with Gasteiger partial charge in [-0.1, -0.05) is 6.07 Å². The molecule has 1 heterocycles. The maximum atomic E-state index is 12.3. The lowest BCUT2D eigenvalue weighted by molar-refractivity contribution is -0.144. The van der Waals surface area contributed by atoms with Gasteiger partial charge < -0.3 is 14.2 Å². The Morgan fingerprint density at radius 3 is 2.65 bits per heavy atom. The van der Waals surface area contributed by atoms with Gasteiger partial charge in [-0.05, 0) is 51.5 Å². The molecule has 0 bridgehead atoms. The van der Waals surface area contributed by atoms with Gasteiger partial charge in [-0.25, -0.2) is 4.79 Å². The summed E-state index contributed by atoms with van der Waals surface area (Å²) in [6, 6.07) is 5.23. The number of benzene rings is 1. The fourth-order valence-corrected chi connectivity index (χ4v) is 2.61. The average Bonchev–Trinajstić information content (AvgIpc) is 2.52. The highest BCUT2D eigenvalue weighted by Gasteiger charge is 2.32.